The van der Waals surface area contributed by atoms with Gasteiger partial charge in [0.05, 0.1) is 0 Å². The molecule has 220 valence electrons. The zero-order chi connectivity index (χ0) is 30.5. The molecule has 0 radical (unpaired) electrons. The number of carbonyl (C=O) groups is 3. The van der Waals surface area contributed by atoms with E-state index in [9.17, 15) is 14.4 Å². The van der Waals surface area contributed by atoms with E-state index in [0.717, 1.165) is 46.3 Å². The summed E-state index contributed by atoms with van der Waals surface area (Å²) < 4.78 is 2.40. The van der Waals surface area contributed by atoms with Gasteiger partial charge in [-0.25, -0.2) is 4.79 Å². The maximum atomic E-state index is 13.8. The molecule has 0 saturated carbocycles. The van der Waals surface area contributed by atoms with E-state index in [1.807, 2.05) is 102 Å². The average Bonchev–Trinajstić information content (AvgIpc) is 3.35. The molecular formula is C35H32ClIN2O4. The van der Waals surface area contributed by atoms with Gasteiger partial charge in [-0.05, 0) is 93.5 Å². The molecule has 1 aliphatic carbocycles. The van der Waals surface area contributed by atoms with E-state index < -0.39 is 5.97 Å². The predicted octanol–water partition coefficient (Wildman–Crippen LogP) is 8.11. The Balaban J connectivity index is 1.47. The molecule has 6 nitrogen and oxygen atoms in total. The van der Waals surface area contributed by atoms with Crippen LogP contribution in [0.25, 0.3) is 17.0 Å². The molecule has 0 amide bonds. The first-order valence-electron chi connectivity index (χ1n) is 14.4. The van der Waals surface area contributed by atoms with Gasteiger partial charge in [0.2, 0.25) is 5.78 Å². The van der Waals surface area contributed by atoms with Crippen LogP contribution in [-0.2, 0) is 33.8 Å². The Morgan fingerprint density at radius 1 is 1.02 bits per heavy atom. The largest absolute Gasteiger partial charge is 0.344 e. The van der Waals surface area contributed by atoms with E-state index in [4.69, 9.17) is 16.4 Å². The highest BCUT2D eigenvalue weighted by Crippen LogP contribution is 2.35. The van der Waals surface area contributed by atoms with Crippen LogP contribution in [0.3, 0.4) is 0 Å². The highest BCUT2D eigenvalue weighted by molar-refractivity contribution is 14.1. The number of alkyl halides is 1. The minimum Gasteiger partial charge on any atom is -0.344 e. The number of ketones is 2. The van der Waals surface area contributed by atoms with E-state index in [2.05, 4.69) is 16.6 Å². The number of benzene rings is 3. The summed E-state index contributed by atoms with van der Waals surface area (Å²) in [6, 6.07) is 21.0. The predicted molar refractivity (Wildman–Crippen MR) is 180 cm³/mol. The van der Waals surface area contributed by atoms with Crippen molar-refractivity contribution in [2.45, 2.75) is 52.5 Å². The molecule has 0 N–H and O–H groups in total. The smallest absolute Gasteiger partial charge is 0.344 e. The number of hydrogen-bond donors (Lipinski definition) is 0. The fourth-order valence-corrected chi connectivity index (χ4v) is 5.92. The van der Waals surface area contributed by atoms with Crippen LogP contribution >= 0.6 is 34.2 Å². The summed E-state index contributed by atoms with van der Waals surface area (Å²) >= 11 is 7.92. The first-order chi connectivity index (χ1) is 20.8. The monoisotopic (exact) mass is 706 g/mol. The molecule has 0 aliphatic heterocycles. The summed E-state index contributed by atoms with van der Waals surface area (Å²) in [7, 11) is 0. The highest BCUT2D eigenvalue weighted by Gasteiger charge is 2.26. The lowest BCUT2D eigenvalue weighted by atomic mass is 9.90. The van der Waals surface area contributed by atoms with Gasteiger partial charge in [0.15, 0.2) is 5.78 Å². The summed E-state index contributed by atoms with van der Waals surface area (Å²) in [5, 5.41) is 5.65. The third-order valence-electron chi connectivity index (χ3n) is 7.84. The first kappa shape index (κ1) is 30.9. The van der Waals surface area contributed by atoms with E-state index in [-0.39, 0.29) is 21.7 Å². The van der Waals surface area contributed by atoms with Gasteiger partial charge in [-0.1, -0.05) is 75.7 Å². The van der Waals surface area contributed by atoms with E-state index in [0.29, 0.717) is 47.4 Å². The zero-order valence-electron chi connectivity index (χ0n) is 24.2. The summed E-state index contributed by atoms with van der Waals surface area (Å²) in [5.41, 5.74) is 7.31. The van der Waals surface area contributed by atoms with E-state index >= 15 is 0 Å². The summed E-state index contributed by atoms with van der Waals surface area (Å²) in [6.07, 6.45) is 4.93. The molecule has 0 unspecified atom stereocenters. The lowest BCUT2D eigenvalue weighted by Gasteiger charge is -2.16. The number of nitrogens with zero attached hydrogens (tertiary/aromatic N) is 2. The van der Waals surface area contributed by atoms with E-state index in [1.165, 1.54) is 0 Å². The summed E-state index contributed by atoms with van der Waals surface area (Å²) in [6.45, 7) is 4.81. The molecule has 8 heteroatoms. The van der Waals surface area contributed by atoms with Crippen molar-refractivity contribution in [2.75, 3.05) is 4.43 Å². The van der Waals surface area contributed by atoms with Crippen molar-refractivity contribution in [3.8, 4) is 0 Å². The number of aromatic nitrogens is 1. The lowest BCUT2D eigenvalue weighted by molar-refractivity contribution is -0.140. The molecule has 43 heavy (non-hydrogen) atoms. The molecule has 3 aromatic carbocycles. The third-order valence-corrected chi connectivity index (χ3v) is 8.72. The molecule has 0 bridgehead atoms. The van der Waals surface area contributed by atoms with Crippen molar-refractivity contribution in [1.82, 2.24) is 4.57 Å². The van der Waals surface area contributed by atoms with Crippen molar-refractivity contribution in [3.05, 3.63) is 111 Å². The number of oxime groups is 1. The fourth-order valence-electron chi connectivity index (χ4n) is 5.66. The molecule has 0 atom stereocenters. The molecule has 0 fully saturated rings. The van der Waals surface area contributed by atoms with Gasteiger partial charge in [0.25, 0.3) is 0 Å². The second-order valence-corrected chi connectivity index (χ2v) is 11.8. The molecule has 1 aliphatic rings. The maximum Gasteiger partial charge on any atom is 0.344 e. The quantitative estimate of drug-likeness (QED) is 0.0395. The fraction of sp³-hybridized carbons (Fsp3) is 0.257. The van der Waals surface area contributed by atoms with Gasteiger partial charge in [0.1, 0.15) is 10.1 Å². The number of carbonyl (C=O) groups excluding carboxylic acids is 3. The Hall–Kier alpha value is -3.56. The second kappa shape index (κ2) is 13.8. The van der Waals surface area contributed by atoms with Crippen LogP contribution in [0.2, 0.25) is 5.02 Å². The second-order valence-electron chi connectivity index (χ2n) is 10.6. The van der Waals surface area contributed by atoms with Gasteiger partial charge in [-0.3, -0.25) is 9.59 Å². The topological polar surface area (TPSA) is 77.7 Å². The third kappa shape index (κ3) is 6.83. The number of allylic oxidation sites excluding steroid dienone is 1. The number of hydrogen-bond acceptors (Lipinski definition) is 5. The van der Waals surface area contributed by atoms with Crippen LogP contribution in [0.5, 0.6) is 0 Å². The van der Waals surface area contributed by atoms with Crippen LogP contribution in [-0.4, -0.2) is 32.2 Å². The normalized spacial score (nSPS) is 13.0. The number of halogens is 2. The van der Waals surface area contributed by atoms with Crippen molar-refractivity contribution in [3.63, 3.8) is 0 Å². The summed E-state index contributed by atoms with van der Waals surface area (Å²) in [5.74, 6) is -0.741. The highest BCUT2D eigenvalue weighted by atomic mass is 127. The average molecular weight is 707 g/mol. The minimum absolute atomic E-state index is 0.0266. The maximum absolute atomic E-state index is 13.8. The Morgan fingerprint density at radius 3 is 2.51 bits per heavy atom. The van der Waals surface area contributed by atoms with Crippen LogP contribution < -0.4 is 0 Å². The molecule has 1 aromatic heterocycles. The number of fused-ring (bicyclic) bond motifs is 3. The van der Waals surface area contributed by atoms with Gasteiger partial charge in [-0.2, -0.15) is 0 Å². The van der Waals surface area contributed by atoms with Crippen molar-refractivity contribution in [1.29, 1.82) is 0 Å². The van der Waals surface area contributed by atoms with Crippen LogP contribution in [0.15, 0.2) is 77.5 Å². The molecule has 4 aromatic rings. The van der Waals surface area contributed by atoms with Gasteiger partial charge >= 0.3 is 5.97 Å². The van der Waals surface area contributed by atoms with Gasteiger partial charge < -0.3 is 9.40 Å². The van der Waals surface area contributed by atoms with Crippen molar-refractivity contribution >= 4 is 74.4 Å². The van der Waals surface area contributed by atoms with Crippen molar-refractivity contribution < 1.29 is 19.2 Å². The number of rotatable bonds is 11. The zero-order valence-corrected chi connectivity index (χ0v) is 27.1. The van der Waals surface area contributed by atoms with Crippen LogP contribution in [0, 0.1) is 6.92 Å². The standard InChI is InChI=1S/C35H32ClIN2O4/c1-3-39-31-17-13-24(34(41)27-9-5-4-7-22(27)2)19-28(31)29-20-25(14-18-32(29)39)35(42)30(38-43-33(40)21-37)10-6-8-23-11-15-26(36)16-12-23/h4-5,7,9,11-13,15-17,19-20H,3,6,8,10,14,18,21H2,1-2H3/b38-30+. The number of Topliss-reactive ketones (excluding diaryl/α,β-unsaturated/α-hetero) is 1. The van der Waals surface area contributed by atoms with Gasteiger partial charge in [-0.15, -0.1) is 0 Å². The molecule has 0 saturated heterocycles. The molecule has 1 heterocycles. The van der Waals surface area contributed by atoms with E-state index in [1.54, 1.807) is 0 Å². The Labute approximate surface area is 269 Å². The van der Waals surface area contributed by atoms with Crippen LogP contribution in [0.4, 0.5) is 0 Å². The van der Waals surface area contributed by atoms with Crippen LogP contribution in [0.1, 0.15) is 64.5 Å². The number of aryl methyl sites for hydroxylation is 3. The Kier molecular flexibility index (Phi) is 9.93. The summed E-state index contributed by atoms with van der Waals surface area (Å²) in [4.78, 5) is 44.2. The van der Waals surface area contributed by atoms with Crippen molar-refractivity contribution in [2.24, 2.45) is 5.16 Å². The Morgan fingerprint density at radius 2 is 1.79 bits per heavy atom. The Bertz CT molecular complexity index is 1770. The minimum atomic E-state index is -0.500. The van der Waals surface area contributed by atoms with Gasteiger partial charge in [0, 0.05) is 50.4 Å². The SMILES string of the molecule is CCn1c2c(c3cc(C(=O)c4ccccc4C)ccc31)C=C(C(=O)/C(CCCc1ccc(Cl)cc1)=N/OC(=O)CI)CC2. The first-order valence-corrected chi connectivity index (χ1v) is 16.3. The lowest BCUT2D eigenvalue weighted by Crippen LogP contribution is -2.20. The molecule has 5 rings (SSSR count). The molecular weight excluding hydrogens is 675 g/mol. The molecule has 0 spiro atoms.